The van der Waals surface area contributed by atoms with E-state index in [0.29, 0.717) is 0 Å². The second-order valence-electron chi connectivity index (χ2n) is 5.09. The van der Waals surface area contributed by atoms with E-state index in [1.165, 1.54) is 51.6 Å². The summed E-state index contributed by atoms with van der Waals surface area (Å²) in [5.74, 6) is 0. The lowest BCUT2D eigenvalue weighted by Crippen LogP contribution is -2.46. The van der Waals surface area contributed by atoms with Gasteiger partial charge >= 0.3 is 0 Å². The Labute approximate surface area is 107 Å². The van der Waals surface area contributed by atoms with Crippen molar-refractivity contribution < 1.29 is 4.74 Å². The van der Waals surface area contributed by atoms with E-state index in [0.717, 1.165) is 25.7 Å². The van der Waals surface area contributed by atoms with Gasteiger partial charge in [0.1, 0.15) is 0 Å². The van der Waals surface area contributed by atoms with Crippen molar-refractivity contribution in [1.82, 2.24) is 10.2 Å². The van der Waals surface area contributed by atoms with E-state index < -0.39 is 0 Å². The highest BCUT2D eigenvalue weighted by atomic mass is 16.5. The SMILES string of the molecule is CCCCCN1CCCCC1CNCCOC. The summed E-state index contributed by atoms with van der Waals surface area (Å²) in [6.07, 6.45) is 8.23. The Kier molecular flexibility index (Phi) is 8.67. The fourth-order valence-electron chi connectivity index (χ4n) is 2.59. The van der Waals surface area contributed by atoms with E-state index in [2.05, 4.69) is 17.1 Å². The lowest BCUT2D eigenvalue weighted by Gasteiger charge is -2.36. The van der Waals surface area contributed by atoms with Gasteiger partial charge < -0.3 is 10.1 Å². The van der Waals surface area contributed by atoms with E-state index >= 15 is 0 Å². The molecule has 102 valence electrons. The molecule has 0 saturated carbocycles. The number of nitrogens with one attached hydrogen (secondary N) is 1. The molecule has 0 amide bonds. The van der Waals surface area contributed by atoms with Gasteiger partial charge in [0, 0.05) is 26.2 Å². The summed E-state index contributed by atoms with van der Waals surface area (Å²) >= 11 is 0. The van der Waals surface area contributed by atoms with Gasteiger partial charge in [-0.2, -0.15) is 0 Å². The fraction of sp³-hybridized carbons (Fsp3) is 1.00. The maximum atomic E-state index is 5.06. The first-order valence-electron chi connectivity index (χ1n) is 7.32. The zero-order chi connectivity index (χ0) is 12.3. The van der Waals surface area contributed by atoms with Crippen molar-refractivity contribution >= 4 is 0 Å². The van der Waals surface area contributed by atoms with Crippen LogP contribution in [0.25, 0.3) is 0 Å². The monoisotopic (exact) mass is 242 g/mol. The molecule has 1 unspecified atom stereocenters. The van der Waals surface area contributed by atoms with Crippen molar-refractivity contribution in [3.63, 3.8) is 0 Å². The minimum absolute atomic E-state index is 0.762. The van der Waals surface area contributed by atoms with Crippen LogP contribution in [-0.4, -0.2) is 50.8 Å². The maximum absolute atomic E-state index is 5.06. The van der Waals surface area contributed by atoms with Gasteiger partial charge in [0.15, 0.2) is 0 Å². The van der Waals surface area contributed by atoms with Crippen LogP contribution in [0.2, 0.25) is 0 Å². The summed E-state index contributed by atoms with van der Waals surface area (Å²) in [4.78, 5) is 2.69. The Bertz CT molecular complexity index is 176. The first-order chi connectivity index (χ1) is 8.38. The smallest absolute Gasteiger partial charge is 0.0587 e. The molecule has 3 nitrogen and oxygen atoms in total. The lowest BCUT2D eigenvalue weighted by atomic mass is 10.0. The normalized spacial score (nSPS) is 21.9. The number of hydrogen-bond donors (Lipinski definition) is 1. The van der Waals surface area contributed by atoms with Gasteiger partial charge in [-0.3, -0.25) is 4.90 Å². The molecule has 3 heteroatoms. The van der Waals surface area contributed by atoms with Crippen LogP contribution in [0.4, 0.5) is 0 Å². The zero-order valence-electron chi connectivity index (χ0n) is 11.7. The van der Waals surface area contributed by atoms with Crippen LogP contribution in [0.15, 0.2) is 0 Å². The number of unbranched alkanes of at least 4 members (excludes halogenated alkanes) is 2. The molecule has 0 spiro atoms. The highest BCUT2D eigenvalue weighted by Crippen LogP contribution is 2.17. The molecule has 1 heterocycles. The second-order valence-corrected chi connectivity index (χ2v) is 5.09. The number of ether oxygens (including phenoxy) is 1. The third-order valence-corrected chi connectivity index (χ3v) is 3.66. The zero-order valence-corrected chi connectivity index (χ0v) is 11.7. The van der Waals surface area contributed by atoms with Crippen LogP contribution < -0.4 is 5.32 Å². The van der Waals surface area contributed by atoms with E-state index in [9.17, 15) is 0 Å². The van der Waals surface area contributed by atoms with Crippen LogP contribution in [0.1, 0.15) is 45.4 Å². The van der Waals surface area contributed by atoms with Crippen molar-refractivity contribution in [3.05, 3.63) is 0 Å². The molecule has 0 aliphatic carbocycles. The molecule has 0 bridgehead atoms. The summed E-state index contributed by atoms with van der Waals surface area (Å²) in [6.45, 7) is 7.82. The van der Waals surface area contributed by atoms with Crippen molar-refractivity contribution in [2.75, 3.05) is 39.9 Å². The number of methoxy groups -OCH3 is 1. The van der Waals surface area contributed by atoms with Crippen LogP contribution in [0.3, 0.4) is 0 Å². The third kappa shape index (κ3) is 6.39. The Morgan fingerprint density at radius 1 is 1.29 bits per heavy atom. The van der Waals surface area contributed by atoms with Gasteiger partial charge in [0.05, 0.1) is 6.61 Å². The Morgan fingerprint density at radius 3 is 2.94 bits per heavy atom. The summed E-state index contributed by atoms with van der Waals surface area (Å²) in [5, 5.41) is 3.51. The molecule has 1 aliphatic rings. The minimum Gasteiger partial charge on any atom is -0.383 e. The standard InChI is InChI=1S/C14H30N2O/c1-3-4-6-10-16-11-7-5-8-14(16)13-15-9-12-17-2/h14-15H,3-13H2,1-2H3. The van der Waals surface area contributed by atoms with Gasteiger partial charge in [-0.15, -0.1) is 0 Å². The van der Waals surface area contributed by atoms with E-state index in [1.54, 1.807) is 7.11 Å². The fourth-order valence-corrected chi connectivity index (χ4v) is 2.59. The van der Waals surface area contributed by atoms with Crippen LogP contribution in [-0.2, 0) is 4.74 Å². The Morgan fingerprint density at radius 2 is 2.18 bits per heavy atom. The predicted molar refractivity (Wildman–Crippen MR) is 73.5 cm³/mol. The highest BCUT2D eigenvalue weighted by molar-refractivity contribution is 4.78. The molecule has 1 aliphatic heterocycles. The average molecular weight is 242 g/mol. The first kappa shape index (κ1) is 14.9. The van der Waals surface area contributed by atoms with E-state index in [4.69, 9.17) is 4.74 Å². The second kappa shape index (κ2) is 9.86. The molecule has 0 aromatic carbocycles. The van der Waals surface area contributed by atoms with Gasteiger partial charge in [-0.1, -0.05) is 26.2 Å². The maximum Gasteiger partial charge on any atom is 0.0587 e. The van der Waals surface area contributed by atoms with E-state index in [1.807, 2.05) is 0 Å². The van der Waals surface area contributed by atoms with E-state index in [-0.39, 0.29) is 0 Å². The first-order valence-corrected chi connectivity index (χ1v) is 7.32. The molecule has 1 saturated heterocycles. The van der Waals surface area contributed by atoms with Gasteiger partial charge in [-0.25, -0.2) is 0 Å². The summed E-state index contributed by atoms with van der Waals surface area (Å²) in [6, 6.07) is 0.762. The van der Waals surface area contributed by atoms with Gasteiger partial charge in [-0.05, 0) is 32.4 Å². The molecule has 1 N–H and O–H groups in total. The number of likely N-dealkylation sites (tertiary alicyclic amines) is 1. The number of nitrogens with zero attached hydrogens (tertiary/aromatic N) is 1. The largest absolute Gasteiger partial charge is 0.383 e. The summed E-state index contributed by atoms with van der Waals surface area (Å²) in [7, 11) is 1.76. The Hall–Kier alpha value is -0.120. The lowest BCUT2D eigenvalue weighted by molar-refractivity contribution is 0.138. The molecular weight excluding hydrogens is 212 g/mol. The number of rotatable bonds is 9. The van der Waals surface area contributed by atoms with Crippen molar-refractivity contribution in [2.24, 2.45) is 0 Å². The van der Waals surface area contributed by atoms with Crippen LogP contribution >= 0.6 is 0 Å². The molecule has 0 aromatic rings. The molecule has 1 atom stereocenters. The number of hydrogen-bond acceptors (Lipinski definition) is 3. The predicted octanol–water partition coefficient (Wildman–Crippen LogP) is 2.27. The minimum atomic E-state index is 0.762. The van der Waals surface area contributed by atoms with Crippen molar-refractivity contribution in [2.45, 2.75) is 51.5 Å². The summed E-state index contributed by atoms with van der Waals surface area (Å²) in [5.41, 5.74) is 0. The van der Waals surface area contributed by atoms with Gasteiger partial charge in [0.25, 0.3) is 0 Å². The molecule has 1 fully saturated rings. The Balaban J connectivity index is 2.17. The molecule has 0 aromatic heterocycles. The topological polar surface area (TPSA) is 24.5 Å². The van der Waals surface area contributed by atoms with Crippen LogP contribution in [0, 0.1) is 0 Å². The highest BCUT2D eigenvalue weighted by Gasteiger charge is 2.20. The summed E-state index contributed by atoms with van der Waals surface area (Å²) < 4.78 is 5.06. The van der Waals surface area contributed by atoms with Crippen molar-refractivity contribution in [1.29, 1.82) is 0 Å². The molecule has 17 heavy (non-hydrogen) atoms. The van der Waals surface area contributed by atoms with Gasteiger partial charge in [0.2, 0.25) is 0 Å². The molecule has 1 rings (SSSR count). The number of piperidine rings is 1. The van der Waals surface area contributed by atoms with Crippen molar-refractivity contribution in [3.8, 4) is 0 Å². The average Bonchev–Trinajstić information content (AvgIpc) is 2.36. The van der Waals surface area contributed by atoms with Crippen LogP contribution in [0.5, 0.6) is 0 Å². The quantitative estimate of drug-likeness (QED) is 0.628. The third-order valence-electron chi connectivity index (χ3n) is 3.66. The molecular formula is C14H30N2O. The molecule has 0 radical (unpaired) electrons.